The summed E-state index contributed by atoms with van der Waals surface area (Å²) >= 11 is 0. The average Bonchev–Trinajstić information content (AvgIpc) is 2.74. The van der Waals surface area contributed by atoms with Gasteiger partial charge in [0.1, 0.15) is 0 Å². The lowest BCUT2D eigenvalue weighted by Crippen LogP contribution is -2.43. The van der Waals surface area contributed by atoms with Gasteiger partial charge in [0, 0.05) is 39.3 Å². The molecule has 0 aromatic carbocycles. The van der Waals surface area contributed by atoms with Crippen LogP contribution in [0.1, 0.15) is 23.1 Å². The van der Waals surface area contributed by atoms with Gasteiger partial charge in [0.2, 0.25) is 0 Å². The molecule has 2 N–H and O–H groups in total. The molecule has 0 radical (unpaired) electrons. The van der Waals surface area contributed by atoms with Gasteiger partial charge in [-0.2, -0.15) is 5.10 Å². The summed E-state index contributed by atoms with van der Waals surface area (Å²) in [6.45, 7) is 7.43. The first kappa shape index (κ1) is 12.1. The average molecular weight is 238 g/mol. The molecule has 0 bridgehead atoms. The summed E-state index contributed by atoms with van der Waals surface area (Å²) in [7, 11) is 0. The topological polar surface area (TPSA) is 70.4 Å². The summed E-state index contributed by atoms with van der Waals surface area (Å²) < 4.78 is 1.77. The van der Waals surface area contributed by atoms with Gasteiger partial charge in [-0.3, -0.25) is 9.58 Å². The highest BCUT2D eigenvalue weighted by molar-refractivity contribution is 5.85. The van der Waals surface area contributed by atoms with Gasteiger partial charge in [-0.15, -0.1) is 0 Å². The van der Waals surface area contributed by atoms with Gasteiger partial charge in [-0.1, -0.05) is 0 Å². The van der Waals surface area contributed by atoms with Crippen LogP contribution in [0.15, 0.2) is 6.07 Å². The molecule has 1 aromatic heterocycles. The van der Waals surface area contributed by atoms with Crippen molar-refractivity contribution in [2.24, 2.45) is 0 Å². The smallest absolute Gasteiger partial charge is 0.356 e. The molecule has 0 spiro atoms. The number of hydrogen-bond acceptors (Lipinski definition) is 4. The number of rotatable bonds is 4. The number of carbonyl (C=O) groups is 1. The lowest BCUT2D eigenvalue weighted by Gasteiger charge is -2.27. The van der Waals surface area contributed by atoms with Crippen molar-refractivity contribution >= 4 is 5.97 Å². The van der Waals surface area contributed by atoms with E-state index in [-0.39, 0.29) is 5.69 Å². The molecule has 0 atom stereocenters. The van der Waals surface area contributed by atoms with E-state index in [1.54, 1.807) is 10.7 Å². The van der Waals surface area contributed by atoms with Gasteiger partial charge in [0.05, 0.1) is 5.69 Å². The molecule has 1 saturated heterocycles. The predicted molar refractivity (Wildman–Crippen MR) is 63.0 cm³/mol. The molecule has 1 fully saturated rings. The molecular weight excluding hydrogens is 220 g/mol. The number of aromatic nitrogens is 2. The van der Waals surface area contributed by atoms with Gasteiger partial charge in [-0.05, 0) is 13.0 Å². The van der Waals surface area contributed by atoms with Crippen LogP contribution in [-0.4, -0.2) is 51.9 Å². The summed E-state index contributed by atoms with van der Waals surface area (Å²) in [5.74, 6) is -0.959. The van der Waals surface area contributed by atoms with Crippen LogP contribution < -0.4 is 5.32 Å². The predicted octanol–water partition coefficient (Wildman–Crippen LogP) is 0.00640. The second-order valence-corrected chi connectivity index (χ2v) is 4.17. The van der Waals surface area contributed by atoms with Crippen LogP contribution in [0.3, 0.4) is 0 Å². The van der Waals surface area contributed by atoms with E-state index in [0.29, 0.717) is 6.54 Å². The minimum absolute atomic E-state index is 0.136. The number of aryl methyl sites for hydroxylation is 1. The van der Waals surface area contributed by atoms with E-state index in [4.69, 9.17) is 5.11 Å². The van der Waals surface area contributed by atoms with E-state index < -0.39 is 5.97 Å². The third-order valence-electron chi connectivity index (χ3n) is 2.98. The number of nitrogens with one attached hydrogen (secondary N) is 1. The van der Waals surface area contributed by atoms with E-state index in [9.17, 15) is 4.79 Å². The Labute approximate surface area is 100 Å². The molecule has 0 saturated carbocycles. The first-order chi connectivity index (χ1) is 8.20. The molecule has 2 rings (SSSR count). The largest absolute Gasteiger partial charge is 0.476 e. The van der Waals surface area contributed by atoms with Gasteiger partial charge in [0.25, 0.3) is 0 Å². The highest BCUT2D eigenvalue weighted by atomic mass is 16.4. The van der Waals surface area contributed by atoms with Crippen molar-refractivity contribution < 1.29 is 9.90 Å². The van der Waals surface area contributed by atoms with Crippen molar-refractivity contribution in [3.8, 4) is 0 Å². The Balaban J connectivity index is 2.10. The Morgan fingerprint density at radius 1 is 1.53 bits per heavy atom. The van der Waals surface area contributed by atoms with E-state index >= 15 is 0 Å². The van der Waals surface area contributed by atoms with E-state index in [0.717, 1.165) is 38.4 Å². The molecule has 1 aliphatic rings. The second kappa shape index (κ2) is 5.29. The number of aromatic carboxylic acids is 1. The van der Waals surface area contributed by atoms with E-state index in [1.165, 1.54) is 0 Å². The minimum Gasteiger partial charge on any atom is -0.476 e. The van der Waals surface area contributed by atoms with Crippen LogP contribution in [0.4, 0.5) is 0 Å². The number of piperazine rings is 1. The highest BCUT2D eigenvalue weighted by Crippen LogP contribution is 2.09. The van der Waals surface area contributed by atoms with Gasteiger partial charge in [-0.25, -0.2) is 4.79 Å². The summed E-state index contributed by atoms with van der Waals surface area (Å²) in [5, 5.41) is 16.3. The number of carboxylic acids is 1. The van der Waals surface area contributed by atoms with Crippen molar-refractivity contribution in [1.29, 1.82) is 0 Å². The summed E-state index contributed by atoms with van der Waals surface area (Å²) in [4.78, 5) is 13.2. The molecule has 0 aliphatic carbocycles. The van der Waals surface area contributed by atoms with Crippen molar-refractivity contribution in [3.05, 3.63) is 17.5 Å². The van der Waals surface area contributed by atoms with Crippen LogP contribution in [0, 0.1) is 0 Å². The molecule has 6 heteroatoms. The van der Waals surface area contributed by atoms with E-state index in [1.807, 2.05) is 6.92 Å². The molecule has 0 amide bonds. The normalized spacial score (nSPS) is 17.2. The molecule has 94 valence electrons. The maximum atomic E-state index is 10.9. The minimum atomic E-state index is -0.959. The summed E-state index contributed by atoms with van der Waals surface area (Å²) in [5.41, 5.74) is 1.11. The zero-order valence-corrected chi connectivity index (χ0v) is 10.0. The Hall–Kier alpha value is -1.40. The van der Waals surface area contributed by atoms with Crippen molar-refractivity contribution in [3.63, 3.8) is 0 Å². The zero-order chi connectivity index (χ0) is 12.3. The van der Waals surface area contributed by atoms with Crippen LogP contribution >= 0.6 is 0 Å². The van der Waals surface area contributed by atoms with Crippen molar-refractivity contribution in [2.45, 2.75) is 20.0 Å². The van der Waals surface area contributed by atoms with Gasteiger partial charge >= 0.3 is 5.97 Å². The highest BCUT2D eigenvalue weighted by Gasteiger charge is 2.16. The number of hydrogen-bond donors (Lipinski definition) is 2. The molecule has 1 aliphatic heterocycles. The SMILES string of the molecule is CCn1nc(C(=O)O)cc1CN1CCNCC1. The maximum absolute atomic E-state index is 10.9. The molecule has 17 heavy (non-hydrogen) atoms. The zero-order valence-electron chi connectivity index (χ0n) is 10.0. The van der Waals surface area contributed by atoms with Crippen LogP contribution in [0.2, 0.25) is 0 Å². The third kappa shape index (κ3) is 2.83. The third-order valence-corrected chi connectivity index (χ3v) is 2.98. The quantitative estimate of drug-likeness (QED) is 0.773. The Morgan fingerprint density at radius 3 is 2.82 bits per heavy atom. The lowest BCUT2D eigenvalue weighted by atomic mass is 10.3. The van der Waals surface area contributed by atoms with Crippen LogP contribution in [-0.2, 0) is 13.1 Å². The Bertz CT molecular complexity index is 396. The molecule has 1 aromatic rings. The molecule has 6 nitrogen and oxygen atoms in total. The first-order valence-electron chi connectivity index (χ1n) is 5.93. The summed E-state index contributed by atoms with van der Waals surface area (Å²) in [6.07, 6.45) is 0. The molecule has 0 unspecified atom stereocenters. The number of carboxylic acid groups (broad SMARTS) is 1. The fourth-order valence-electron chi connectivity index (χ4n) is 2.06. The fourth-order valence-corrected chi connectivity index (χ4v) is 2.06. The van der Waals surface area contributed by atoms with Crippen molar-refractivity contribution in [1.82, 2.24) is 20.0 Å². The monoisotopic (exact) mass is 238 g/mol. The number of nitrogens with zero attached hydrogens (tertiary/aromatic N) is 3. The fraction of sp³-hybridized carbons (Fsp3) is 0.636. The lowest BCUT2D eigenvalue weighted by molar-refractivity contribution is 0.0689. The van der Waals surface area contributed by atoms with E-state index in [2.05, 4.69) is 15.3 Å². The standard InChI is InChI=1S/C11H18N4O2/c1-2-15-9(7-10(13-15)11(16)17)8-14-5-3-12-4-6-14/h7,12H,2-6,8H2,1H3,(H,16,17). The van der Waals surface area contributed by atoms with Crippen molar-refractivity contribution in [2.75, 3.05) is 26.2 Å². The van der Waals surface area contributed by atoms with Crippen LogP contribution in [0.25, 0.3) is 0 Å². The Morgan fingerprint density at radius 2 is 2.24 bits per heavy atom. The maximum Gasteiger partial charge on any atom is 0.356 e. The Kier molecular flexibility index (Phi) is 3.75. The van der Waals surface area contributed by atoms with Crippen LogP contribution in [0.5, 0.6) is 0 Å². The second-order valence-electron chi connectivity index (χ2n) is 4.17. The van der Waals surface area contributed by atoms with Gasteiger partial charge in [0.15, 0.2) is 5.69 Å². The van der Waals surface area contributed by atoms with Gasteiger partial charge < -0.3 is 10.4 Å². The summed E-state index contributed by atoms with van der Waals surface area (Å²) in [6, 6.07) is 1.67. The first-order valence-corrected chi connectivity index (χ1v) is 5.93. The molecular formula is C11H18N4O2. The molecule has 2 heterocycles.